The van der Waals surface area contributed by atoms with Crippen molar-refractivity contribution in [3.05, 3.63) is 36.5 Å². The van der Waals surface area contributed by atoms with Crippen LogP contribution in [0.25, 0.3) is 0 Å². The van der Waals surface area contributed by atoms with Gasteiger partial charge in [-0.25, -0.2) is 0 Å². The van der Waals surface area contributed by atoms with E-state index in [1.807, 2.05) is 24.3 Å². The number of rotatable bonds is 27. The molecule has 1 aliphatic carbocycles. The van der Waals surface area contributed by atoms with Gasteiger partial charge in [-0.15, -0.1) is 0 Å². The van der Waals surface area contributed by atoms with Crippen LogP contribution in [-0.4, -0.2) is 68.5 Å². The summed E-state index contributed by atoms with van der Waals surface area (Å²) in [5.74, 6) is -0.489. The van der Waals surface area contributed by atoms with E-state index in [1.165, 1.54) is 57.8 Å². The maximum atomic E-state index is 12.4. The number of aliphatic hydroxyl groups excluding tert-OH is 5. The molecule has 0 aromatic carbocycles. The Bertz CT molecular complexity index is 784. The van der Waals surface area contributed by atoms with Gasteiger partial charge in [0, 0.05) is 18.8 Å². The van der Waals surface area contributed by atoms with E-state index in [9.17, 15) is 30.3 Å². The largest absolute Gasteiger partial charge is 0.394 e. The average molecular weight is 622 g/mol. The van der Waals surface area contributed by atoms with Crippen molar-refractivity contribution in [1.29, 1.82) is 0 Å². The first-order chi connectivity index (χ1) is 21.3. The highest BCUT2D eigenvalue weighted by Crippen LogP contribution is 2.36. The first-order valence-corrected chi connectivity index (χ1v) is 18.0. The normalized spacial score (nSPS) is 22.8. The standard InChI is InChI=1S/C37H67NO6/c1-3-5-7-8-9-10-11-12-13-14-15-20-24-34(41)33(29-39)38-37(44)25-21-17-16-19-23-31-32(36(43)28-35(31)42)27-26-30(40)22-18-6-4-2/h16,19-20,24,26-27,30-36,39-43H,3-15,17-18,21-23,25,28-29H2,1-2H3,(H,38,44)/b19-16+,24-20+,27-26+/t30-,31+,32+,33-,34+,35-,36+/m0/s1. The monoisotopic (exact) mass is 621 g/mol. The average Bonchev–Trinajstić information content (AvgIpc) is 3.28. The van der Waals surface area contributed by atoms with Crippen LogP contribution < -0.4 is 5.32 Å². The number of carbonyl (C=O) groups is 1. The summed E-state index contributed by atoms with van der Waals surface area (Å²) in [6, 6.07) is -0.715. The molecule has 1 fully saturated rings. The molecular formula is C37H67NO6. The van der Waals surface area contributed by atoms with Crippen LogP contribution in [0.3, 0.4) is 0 Å². The highest BCUT2D eigenvalue weighted by molar-refractivity contribution is 5.76. The van der Waals surface area contributed by atoms with Crippen molar-refractivity contribution in [1.82, 2.24) is 5.32 Å². The van der Waals surface area contributed by atoms with Gasteiger partial charge in [0.25, 0.3) is 0 Å². The Kier molecular flexibility index (Phi) is 24.6. The number of nitrogens with one attached hydrogen (secondary N) is 1. The number of unbranched alkanes of at least 4 members (excludes halogenated alkanes) is 13. The zero-order valence-corrected chi connectivity index (χ0v) is 28.0. The van der Waals surface area contributed by atoms with Gasteiger partial charge in [-0.1, -0.05) is 127 Å². The molecule has 0 spiro atoms. The van der Waals surface area contributed by atoms with Crippen LogP contribution >= 0.6 is 0 Å². The third-order valence-electron chi connectivity index (χ3n) is 8.94. The molecular weight excluding hydrogens is 554 g/mol. The highest BCUT2D eigenvalue weighted by Gasteiger charge is 2.39. The van der Waals surface area contributed by atoms with Crippen LogP contribution in [0.15, 0.2) is 36.5 Å². The lowest BCUT2D eigenvalue weighted by Gasteiger charge is -2.20. The van der Waals surface area contributed by atoms with Crippen LogP contribution in [0.4, 0.5) is 0 Å². The summed E-state index contributed by atoms with van der Waals surface area (Å²) in [4.78, 5) is 12.4. The Morgan fingerprint density at radius 3 is 2.05 bits per heavy atom. The van der Waals surface area contributed by atoms with Gasteiger partial charge in [0.05, 0.1) is 37.1 Å². The van der Waals surface area contributed by atoms with Crippen LogP contribution in [0, 0.1) is 11.8 Å². The molecule has 1 amide bonds. The van der Waals surface area contributed by atoms with Crippen molar-refractivity contribution >= 4 is 5.91 Å². The summed E-state index contributed by atoms with van der Waals surface area (Å²) in [5, 5.41) is 53.9. The Balaban J connectivity index is 2.25. The molecule has 44 heavy (non-hydrogen) atoms. The molecule has 0 unspecified atom stereocenters. The van der Waals surface area contributed by atoms with E-state index < -0.39 is 30.5 Å². The molecule has 256 valence electrons. The molecule has 0 heterocycles. The summed E-state index contributed by atoms with van der Waals surface area (Å²) in [6.45, 7) is 4.05. The van der Waals surface area contributed by atoms with E-state index in [1.54, 1.807) is 12.2 Å². The van der Waals surface area contributed by atoms with E-state index >= 15 is 0 Å². The first kappa shape index (κ1) is 40.5. The lowest BCUT2D eigenvalue weighted by molar-refractivity contribution is -0.122. The predicted octanol–water partition coefficient (Wildman–Crippen LogP) is 6.66. The number of hydrogen-bond acceptors (Lipinski definition) is 6. The zero-order chi connectivity index (χ0) is 32.4. The van der Waals surface area contributed by atoms with Crippen molar-refractivity contribution in [3.8, 4) is 0 Å². The number of allylic oxidation sites excluding steroid dienone is 3. The lowest BCUT2D eigenvalue weighted by atomic mass is 9.89. The highest BCUT2D eigenvalue weighted by atomic mass is 16.3. The number of amides is 1. The fourth-order valence-electron chi connectivity index (χ4n) is 6.05. The molecule has 0 aliphatic heterocycles. The Morgan fingerprint density at radius 1 is 0.773 bits per heavy atom. The van der Waals surface area contributed by atoms with Crippen molar-refractivity contribution in [2.75, 3.05) is 6.61 Å². The molecule has 0 radical (unpaired) electrons. The first-order valence-electron chi connectivity index (χ1n) is 18.0. The van der Waals surface area contributed by atoms with Gasteiger partial charge >= 0.3 is 0 Å². The molecule has 0 saturated heterocycles. The summed E-state index contributed by atoms with van der Waals surface area (Å²) in [6.07, 6.45) is 28.8. The maximum absolute atomic E-state index is 12.4. The van der Waals surface area contributed by atoms with Crippen LogP contribution in [0.2, 0.25) is 0 Å². The van der Waals surface area contributed by atoms with Gasteiger partial charge in [0.1, 0.15) is 0 Å². The lowest BCUT2D eigenvalue weighted by Crippen LogP contribution is -2.45. The fraction of sp³-hybridized carbons (Fsp3) is 0.811. The quantitative estimate of drug-likeness (QED) is 0.0449. The van der Waals surface area contributed by atoms with Crippen molar-refractivity contribution in [2.24, 2.45) is 11.8 Å². The Labute approximate surface area is 268 Å². The summed E-state index contributed by atoms with van der Waals surface area (Å²) in [5.41, 5.74) is 0. The van der Waals surface area contributed by atoms with E-state index in [2.05, 4.69) is 19.2 Å². The molecule has 0 bridgehead atoms. The van der Waals surface area contributed by atoms with E-state index in [0.29, 0.717) is 38.5 Å². The summed E-state index contributed by atoms with van der Waals surface area (Å²) in [7, 11) is 0. The van der Waals surface area contributed by atoms with E-state index in [-0.39, 0.29) is 24.3 Å². The van der Waals surface area contributed by atoms with Crippen LogP contribution in [-0.2, 0) is 4.79 Å². The summed E-state index contributed by atoms with van der Waals surface area (Å²) >= 11 is 0. The molecule has 1 aliphatic rings. The van der Waals surface area contributed by atoms with Gasteiger partial charge in [0.15, 0.2) is 0 Å². The van der Waals surface area contributed by atoms with Crippen LogP contribution in [0.5, 0.6) is 0 Å². The van der Waals surface area contributed by atoms with Crippen molar-refractivity contribution < 1.29 is 30.3 Å². The predicted molar refractivity (Wildman–Crippen MR) is 181 cm³/mol. The Hall–Kier alpha value is -1.51. The van der Waals surface area contributed by atoms with E-state index in [0.717, 1.165) is 32.1 Å². The van der Waals surface area contributed by atoms with Crippen molar-refractivity contribution in [2.45, 2.75) is 173 Å². The number of carbonyl (C=O) groups excluding carboxylic acids is 1. The van der Waals surface area contributed by atoms with Crippen molar-refractivity contribution in [3.63, 3.8) is 0 Å². The smallest absolute Gasteiger partial charge is 0.220 e. The van der Waals surface area contributed by atoms with E-state index in [4.69, 9.17) is 0 Å². The zero-order valence-electron chi connectivity index (χ0n) is 28.0. The van der Waals surface area contributed by atoms with Gasteiger partial charge in [0.2, 0.25) is 5.91 Å². The molecule has 6 N–H and O–H groups in total. The Morgan fingerprint density at radius 2 is 1.39 bits per heavy atom. The molecule has 7 heteroatoms. The topological polar surface area (TPSA) is 130 Å². The molecule has 7 atom stereocenters. The minimum Gasteiger partial charge on any atom is -0.394 e. The maximum Gasteiger partial charge on any atom is 0.220 e. The molecule has 1 saturated carbocycles. The van der Waals surface area contributed by atoms with Gasteiger partial charge < -0.3 is 30.8 Å². The number of hydrogen-bond donors (Lipinski definition) is 6. The molecule has 7 nitrogen and oxygen atoms in total. The molecule has 0 aromatic rings. The number of aliphatic hydroxyl groups is 5. The third kappa shape index (κ3) is 19.1. The second kappa shape index (κ2) is 26.7. The van der Waals surface area contributed by atoms with Gasteiger partial charge in [-0.3, -0.25) is 4.79 Å². The fourth-order valence-corrected chi connectivity index (χ4v) is 6.05. The van der Waals surface area contributed by atoms with Gasteiger partial charge in [-0.05, 0) is 44.4 Å². The minimum atomic E-state index is -0.917. The molecule has 1 rings (SSSR count). The minimum absolute atomic E-state index is 0.103. The second-order valence-corrected chi connectivity index (χ2v) is 12.9. The van der Waals surface area contributed by atoms with Gasteiger partial charge in [-0.2, -0.15) is 0 Å². The third-order valence-corrected chi connectivity index (χ3v) is 8.94. The second-order valence-electron chi connectivity index (χ2n) is 12.9. The van der Waals surface area contributed by atoms with Crippen LogP contribution in [0.1, 0.15) is 142 Å². The molecule has 0 aromatic heterocycles. The summed E-state index contributed by atoms with van der Waals surface area (Å²) < 4.78 is 0. The SMILES string of the molecule is CCCCCCCCCCCC/C=C/[C@@H](O)[C@H](CO)NC(=O)CCC/C=C/C[C@@H]1[C@@H](/C=C/[C@@H](O)CCCCC)[C@H](O)C[C@@H]1O.